The number of likely N-dealkylation sites (tertiary alicyclic amines) is 1. The van der Waals surface area contributed by atoms with Gasteiger partial charge in [-0.3, -0.25) is 0 Å². The van der Waals surface area contributed by atoms with Crippen LogP contribution < -0.4 is 5.32 Å². The molecule has 1 atom stereocenters. The zero-order valence-corrected chi connectivity index (χ0v) is 15.5. The van der Waals surface area contributed by atoms with Gasteiger partial charge in [-0.05, 0) is 67.7 Å². The molecule has 122 valence electrons. The minimum atomic E-state index is -0.462. The smallest absolute Gasteiger partial charge is 0.410 e. The third-order valence-electron chi connectivity index (χ3n) is 3.36. The standard InChI is InChI=1S/C16H22BrClN2O2/c1-16(2,3)22-15(21)20-8-4-5-12(10-20)19-14-7-6-11(18)9-13(14)17/h6-7,9,12,19H,4-5,8,10H2,1-3H3. The fourth-order valence-corrected chi connectivity index (χ4v) is 3.21. The summed E-state index contributed by atoms with van der Waals surface area (Å²) in [6.45, 7) is 7.04. The van der Waals surface area contributed by atoms with E-state index in [1.54, 1.807) is 4.90 Å². The highest BCUT2D eigenvalue weighted by Gasteiger charge is 2.27. The first-order valence-corrected chi connectivity index (χ1v) is 8.61. The van der Waals surface area contributed by atoms with E-state index < -0.39 is 5.60 Å². The molecule has 0 saturated carbocycles. The number of piperidine rings is 1. The second kappa shape index (κ2) is 7.09. The highest BCUT2D eigenvalue weighted by Crippen LogP contribution is 2.28. The van der Waals surface area contributed by atoms with E-state index in [1.165, 1.54) is 0 Å². The number of rotatable bonds is 2. The van der Waals surface area contributed by atoms with Crippen molar-refractivity contribution < 1.29 is 9.53 Å². The summed E-state index contributed by atoms with van der Waals surface area (Å²) >= 11 is 9.46. The Labute approximate surface area is 145 Å². The molecule has 0 bridgehead atoms. The van der Waals surface area contributed by atoms with Gasteiger partial charge in [-0.25, -0.2) is 4.79 Å². The first-order valence-electron chi connectivity index (χ1n) is 7.44. The summed E-state index contributed by atoms with van der Waals surface area (Å²) in [4.78, 5) is 13.9. The number of carbonyl (C=O) groups is 1. The number of anilines is 1. The molecule has 1 aliphatic rings. The number of carbonyl (C=O) groups excluding carboxylic acids is 1. The van der Waals surface area contributed by atoms with Crippen LogP contribution in [0.5, 0.6) is 0 Å². The lowest BCUT2D eigenvalue weighted by molar-refractivity contribution is 0.0206. The van der Waals surface area contributed by atoms with Gasteiger partial charge >= 0.3 is 6.09 Å². The molecule has 1 amide bonds. The Balaban J connectivity index is 1.97. The van der Waals surface area contributed by atoms with Crippen LogP contribution in [0.25, 0.3) is 0 Å². The Morgan fingerprint density at radius 2 is 2.18 bits per heavy atom. The number of benzene rings is 1. The Morgan fingerprint density at radius 3 is 2.82 bits per heavy atom. The maximum absolute atomic E-state index is 12.2. The van der Waals surface area contributed by atoms with E-state index in [1.807, 2.05) is 39.0 Å². The predicted octanol–water partition coefficient (Wildman–Crippen LogP) is 4.91. The number of amides is 1. The van der Waals surface area contributed by atoms with Crippen molar-refractivity contribution in [2.75, 3.05) is 18.4 Å². The van der Waals surface area contributed by atoms with Gasteiger partial charge in [-0.2, -0.15) is 0 Å². The summed E-state index contributed by atoms with van der Waals surface area (Å²) in [6, 6.07) is 5.86. The lowest BCUT2D eigenvalue weighted by Crippen LogP contribution is -2.47. The van der Waals surface area contributed by atoms with Gasteiger partial charge in [0.2, 0.25) is 0 Å². The molecule has 1 aliphatic heterocycles. The molecule has 0 radical (unpaired) electrons. The summed E-state index contributed by atoms with van der Waals surface area (Å²) in [7, 11) is 0. The summed E-state index contributed by atoms with van der Waals surface area (Å²) in [5, 5.41) is 4.16. The quantitative estimate of drug-likeness (QED) is 0.781. The normalized spacial score (nSPS) is 19.0. The molecule has 0 aliphatic carbocycles. The van der Waals surface area contributed by atoms with Gasteiger partial charge in [0.15, 0.2) is 0 Å². The molecular formula is C16H22BrClN2O2. The topological polar surface area (TPSA) is 41.6 Å². The van der Waals surface area contributed by atoms with Gasteiger partial charge in [0.25, 0.3) is 0 Å². The third-order valence-corrected chi connectivity index (χ3v) is 4.26. The molecule has 1 heterocycles. The number of hydrogen-bond donors (Lipinski definition) is 1. The van der Waals surface area contributed by atoms with E-state index in [9.17, 15) is 4.79 Å². The number of ether oxygens (including phenoxy) is 1. The van der Waals surface area contributed by atoms with E-state index in [0.717, 1.165) is 29.5 Å². The monoisotopic (exact) mass is 388 g/mol. The largest absolute Gasteiger partial charge is 0.444 e. The van der Waals surface area contributed by atoms with E-state index in [2.05, 4.69) is 21.2 Å². The first-order chi connectivity index (χ1) is 10.2. The SMILES string of the molecule is CC(C)(C)OC(=O)N1CCCC(Nc2ccc(Cl)cc2Br)C1. The van der Waals surface area contributed by atoms with Gasteiger partial charge in [-0.1, -0.05) is 11.6 Å². The van der Waals surface area contributed by atoms with Gasteiger partial charge in [0.1, 0.15) is 5.60 Å². The molecule has 22 heavy (non-hydrogen) atoms. The lowest BCUT2D eigenvalue weighted by Gasteiger charge is -2.35. The lowest BCUT2D eigenvalue weighted by atomic mass is 10.1. The Kier molecular flexibility index (Phi) is 5.61. The summed E-state index contributed by atoms with van der Waals surface area (Å²) in [5.74, 6) is 0. The first kappa shape index (κ1) is 17.4. The van der Waals surface area contributed by atoms with Gasteiger partial charge in [0, 0.05) is 34.3 Å². The van der Waals surface area contributed by atoms with Gasteiger partial charge in [-0.15, -0.1) is 0 Å². The van der Waals surface area contributed by atoms with Crippen molar-refractivity contribution >= 4 is 39.3 Å². The van der Waals surface area contributed by atoms with Crippen LogP contribution in [0.4, 0.5) is 10.5 Å². The molecule has 1 unspecified atom stereocenters. The van der Waals surface area contributed by atoms with Crippen LogP contribution in [0.3, 0.4) is 0 Å². The predicted molar refractivity (Wildman–Crippen MR) is 93.6 cm³/mol. The van der Waals surface area contributed by atoms with Crippen LogP contribution >= 0.6 is 27.5 Å². The maximum atomic E-state index is 12.2. The van der Waals surface area contributed by atoms with Crippen LogP contribution in [0.15, 0.2) is 22.7 Å². The Bertz CT molecular complexity index is 545. The summed E-state index contributed by atoms with van der Waals surface area (Å²) < 4.78 is 6.37. The van der Waals surface area contributed by atoms with Gasteiger partial charge in [0.05, 0.1) is 0 Å². The van der Waals surface area contributed by atoms with E-state index in [0.29, 0.717) is 11.6 Å². The second-order valence-corrected chi connectivity index (χ2v) is 7.82. The minimum Gasteiger partial charge on any atom is -0.444 e. The molecule has 2 rings (SSSR count). The molecule has 0 spiro atoms. The van der Waals surface area contributed by atoms with E-state index in [-0.39, 0.29) is 12.1 Å². The molecule has 6 heteroatoms. The van der Waals surface area contributed by atoms with Crippen molar-refractivity contribution in [1.82, 2.24) is 4.90 Å². The second-order valence-electron chi connectivity index (χ2n) is 6.53. The molecule has 0 aromatic heterocycles. The molecule has 1 N–H and O–H groups in total. The van der Waals surface area contributed by atoms with Crippen molar-refractivity contribution in [3.63, 3.8) is 0 Å². The Morgan fingerprint density at radius 1 is 1.45 bits per heavy atom. The van der Waals surface area contributed by atoms with Crippen LogP contribution in [0.1, 0.15) is 33.6 Å². The molecule has 1 aromatic rings. The molecule has 4 nitrogen and oxygen atoms in total. The number of nitrogens with zero attached hydrogens (tertiary/aromatic N) is 1. The Hall–Kier alpha value is -0.940. The fourth-order valence-electron chi connectivity index (χ4n) is 2.41. The van der Waals surface area contributed by atoms with Crippen LogP contribution in [0, 0.1) is 0 Å². The molecular weight excluding hydrogens is 368 g/mol. The molecule has 1 aromatic carbocycles. The molecule has 1 saturated heterocycles. The maximum Gasteiger partial charge on any atom is 0.410 e. The van der Waals surface area contributed by atoms with E-state index in [4.69, 9.17) is 16.3 Å². The van der Waals surface area contributed by atoms with Crippen molar-refractivity contribution in [2.24, 2.45) is 0 Å². The summed E-state index contributed by atoms with van der Waals surface area (Å²) in [5.41, 5.74) is 0.525. The number of hydrogen-bond acceptors (Lipinski definition) is 3. The highest BCUT2D eigenvalue weighted by molar-refractivity contribution is 9.10. The average molecular weight is 390 g/mol. The fraction of sp³-hybridized carbons (Fsp3) is 0.562. The average Bonchev–Trinajstić information content (AvgIpc) is 2.40. The highest BCUT2D eigenvalue weighted by atomic mass is 79.9. The van der Waals surface area contributed by atoms with Crippen molar-refractivity contribution in [1.29, 1.82) is 0 Å². The van der Waals surface area contributed by atoms with E-state index >= 15 is 0 Å². The minimum absolute atomic E-state index is 0.207. The summed E-state index contributed by atoms with van der Waals surface area (Å²) in [6.07, 6.45) is 1.74. The van der Waals surface area contributed by atoms with Crippen molar-refractivity contribution in [2.45, 2.75) is 45.3 Å². The van der Waals surface area contributed by atoms with Crippen LogP contribution in [-0.2, 0) is 4.74 Å². The number of halogens is 2. The van der Waals surface area contributed by atoms with Crippen molar-refractivity contribution in [3.05, 3.63) is 27.7 Å². The third kappa shape index (κ3) is 5.06. The zero-order valence-electron chi connectivity index (χ0n) is 13.2. The van der Waals surface area contributed by atoms with Gasteiger partial charge < -0.3 is 15.0 Å². The van der Waals surface area contributed by atoms with Crippen LogP contribution in [-0.4, -0.2) is 35.7 Å². The molecule has 1 fully saturated rings. The van der Waals surface area contributed by atoms with Crippen LogP contribution in [0.2, 0.25) is 5.02 Å². The number of nitrogens with one attached hydrogen (secondary N) is 1. The van der Waals surface area contributed by atoms with Crippen molar-refractivity contribution in [3.8, 4) is 0 Å². The zero-order chi connectivity index (χ0) is 16.3.